The Morgan fingerprint density at radius 2 is 1.71 bits per heavy atom. The number of amides is 3. The topological polar surface area (TPSA) is 106 Å². The first-order valence-corrected chi connectivity index (χ1v) is 11.2. The SMILES string of the molecule is CO[C@@H]1c2ccccc2NC(=O)[C@H](C(C)C)NC(=O)c2cccc(c2)/C=C/C(=O)NC[C@H]1OC. The summed E-state index contributed by atoms with van der Waals surface area (Å²) in [6.07, 6.45) is 1.95. The summed E-state index contributed by atoms with van der Waals surface area (Å²) in [5.41, 5.74) is 2.31. The Bertz CT molecular complexity index is 1070. The van der Waals surface area contributed by atoms with E-state index in [1.54, 1.807) is 49.6 Å². The Labute approximate surface area is 199 Å². The monoisotopic (exact) mass is 465 g/mol. The fraction of sp³-hybridized carbons (Fsp3) is 0.346. The van der Waals surface area contributed by atoms with Crippen molar-refractivity contribution in [2.75, 3.05) is 26.1 Å². The van der Waals surface area contributed by atoms with Crippen LogP contribution < -0.4 is 16.0 Å². The fourth-order valence-electron chi connectivity index (χ4n) is 3.84. The van der Waals surface area contributed by atoms with Crippen molar-refractivity contribution < 1.29 is 23.9 Å². The van der Waals surface area contributed by atoms with E-state index in [9.17, 15) is 14.4 Å². The lowest BCUT2D eigenvalue weighted by molar-refractivity contribution is -0.119. The zero-order valence-electron chi connectivity index (χ0n) is 19.8. The molecule has 0 aliphatic carbocycles. The second kappa shape index (κ2) is 11.6. The third-order valence-corrected chi connectivity index (χ3v) is 5.71. The van der Waals surface area contributed by atoms with Gasteiger partial charge in [0.25, 0.3) is 5.91 Å². The zero-order chi connectivity index (χ0) is 24.7. The largest absolute Gasteiger partial charge is 0.377 e. The normalized spacial score (nSPS) is 22.7. The number of nitrogens with one attached hydrogen (secondary N) is 3. The van der Waals surface area contributed by atoms with E-state index in [-0.39, 0.29) is 30.2 Å². The van der Waals surface area contributed by atoms with Gasteiger partial charge in [0.1, 0.15) is 18.2 Å². The lowest BCUT2D eigenvalue weighted by atomic mass is 9.99. The number of anilines is 1. The summed E-state index contributed by atoms with van der Waals surface area (Å²) < 4.78 is 11.3. The Morgan fingerprint density at radius 1 is 0.941 bits per heavy atom. The molecule has 3 N–H and O–H groups in total. The van der Waals surface area contributed by atoms with E-state index in [0.717, 1.165) is 0 Å². The maximum atomic E-state index is 13.3. The number of rotatable bonds is 3. The number of methoxy groups -OCH3 is 2. The van der Waals surface area contributed by atoms with E-state index in [1.165, 1.54) is 13.2 Å². The van der Waals surface area contributed by atoms with Crippen LogP contribution in [0.3, 0.4) is 0 Å². The molecule has 0 spiro atoms. The van der Waals surface area contributed by atoms with Gasteiger partial charge in [-0.3, -0.25) is 14.4 Å². The van der Waals surface area contributed by atoms with Crippen LogP contribution in [0.4, 0.5) is 5.69 Å². The average molecular weight is 466 g/mol. The summed E-state index contributed by atoms with van der Waals surface area (Å²) in [7, 11) is 3.08. The molecule has 2 aromatic rings. The van der Waals surface area contributed by atoms with Crippen molar-refractivity contribution in [1.82, 2.24) is 10.6 Å². The molecule has 2 bridgehead atoms. The molecule has 0 unspecified atom stereocenters. The number of benzene rings is 2. The summed E-state index contributed by atoms with van der Waals surface area (Å²) in [6, 6.07) is 13.3. The highest BCUT2D eigenvalue weighted by molar-refractivity contribution is 6.02. The van der Waals surface area contributed by atoms with E-state index >= 15 is 0 Å². The van der Waals surface area contributed by atoms with Gasteiger partial charge in [-0.1, -0.05) is 44.2 Å². The molecule has 2 aromatic carbocycles. The molecule has 1 aliphatic rings. The van der Waals surface area contributed by atoms with Gasteiger partial charge in [0.2, 0.25) is 11.8 Å². The molecule has 1 aliphatic heterocycles. The molecule has 1 heterocycles. The van der Waals surface area contributed by atoms with Gasteiger partial charge < -0.3 is 25.4 Å². The molecule has 0 radical (unpaired) electrons. The van der Waals surface area contributed by atoms with Gasteiger partial charge in [-0.2, -0.15) is 0 Å². The Hall–Kier alpha value is -3.49. The molecule has 0 saturated carbocycles. The van der Waals surface area contributed by atoms with E-state index in [0.29, 0.717) is 22.4 Å². The molecule has 180 valence electrons. The van der Waals surface area contributed by atoms with Crippen LogP contribution in [0.2, 0.25) is 0 Å². The molecule has 8 nitrogen and oxygen atoms in total. The fourth-order valence-corrected chi connectivity index (χ4v) is 3.84. The van der Waals surface area contributed by atoms with Crippen LogP contribution in [0.5, 0.6) is 0 Å². The first-order chi connectivity index (χ1) is 16.3. The summed E-state index contributed by atoms with van der Waals surface area (Å²) in [5.74, 6) is -1.18. The first kappa shape index (κ1) is 25.1. The van der Waals surface area contributed by atoms with Gasteiger partial charge >= 0.3 is 0 Å². The van der Waals surface area contributed by atoms with Crippen molar-refractivity contribution >= 4 is 29.5 Å². The van der Waals surface area contributed by atoms with Gasteiger partial charge in [0.05, 0.1) is 0 Å². The van der Waals surface area contributed by atoms with Gasteiger partial charge in [-0.05, 0) is 35.8 Å². The molecule has 34 heavy (non-hydrogen) atoms. The highest BCUT2D eigenvalue weighted by atomic mass is 16.5. The number of carbonyl (C=O) groups is 3. The van der Waals surface area contributed by atoms with Gasteiger partial charge in [-0.25, -0.2) is 0 Å². The van der Waals surface area contributed by atoms with Gasteiger partial charge in [-0.15, -0.1) is 0 Å². The van der Waals surface area contributed by atoms with Gasteiger partial charge in [0.15, 0.2) is 0 Å². The van der Waals surface area contributed by atoms with E-state index in [4.69, 9.17) is 9.47 Å². The van der Waals surface area contributed by atoms with Crippen molar-refractivity contribution in [2.24, 2.45) is 5.92 Å². The molecular weight excluding hydrogens is 434 g/mol. The number of ether oxygens (including phenoxy) is 2. The van der Waals surface area contributed by atoms with Gasteiger partial charge in [0, 0.05) is 43.7 Å². The molecule has 3 atom stereocenters. The van der Waals surface area contributed by atoms with E-state index in [2.05, 4.69) is 16.0 Å². The third-order valence-electron chi connectivity index (χ3n) is 5.71. The van der Waals surface area contributed by atoms with Crippen LogP contribution in [0, 0.1) is 5.92 Å². The minimum Gasteiger partial charge on any atom is -0.377 e. The van der Waals surface area contributed by atoms with Crippen molar-refractivity contribution in [3.05, 3.63) is 71.3 Å². The highest BCUT2D eigenvalue weighted by Crippen LogP contribution is 2.29. The number of hydrogen-bond acceptors (Lipinski definition) is 5. The highest BCUT2D eigenvalue weighted by Gasteiger charge is 2.29. The number of para-hydroxylation sites is 1. The van der Waals surface area contributed by atoms with Crippen molar-refractivity contribution in [3.63, 3.8) is 0 Å². The smallest absolute Gasteiger partial charge is 0.251 e. The summed E-state index contributed by atoms with van der Waals surface area (Å²) in [5, 5.41) is 8.61. The second-order valence-corrected chi connectivity index (χ2v) is 8.41. The maximum absolute atomic E-state index is 13.3. The molecule has 8 heteroatoms. The third kappa shape index (κ3) is 6.09. The zero-order valence-corrected chi connectivity index (χ0v) is 19.8. The van der Waals surface area contributed by atoms with E-state index < -0.39 is 18.2 Å². The minimum atomic E-state index is -0.766. The van der Waals surface area contributed by atoms with Crippen LogP contribution in [0.15, 0.2) is 54.6 Å². The summed E-state index contributed by atoms with van der Waals surface area (Å²) in [4.78, 5) is 38.6. The molecule has 3 rings (SSSR count). The molecule has 0 aromatic heterocycles. The Kier molecular flexibility index (Phi) is 8.56. The lowest BCUT2D eigenvalue weighted by Crippen LogP contribution is -2.47. The predicted molar refractivity (Wildman–Crippen MR) is 130 cm³/mol. The van der Waals surface area contributed by atoms with Crippen LogP contribution in [-0.2, 0) is 19.1 Å². The minimum absolute atomic E-state index is 0.159. The van der Waals surface area contributed by atoms with Crippen molar-refractivity contribution in [1.29, 1.82) is 0 Å². The molecule has 3 amide bonds. The molecule has 0 saturated heterocycles. The first-order valence-electron chi connectivity index (χ1n) is 11.2. The molecule has 0 fully saturated rings. The Morgan fingerprint density at radius 3 is 2.41 bits per heavy atom. The lowest BCUT2D eigenvalue weighted by Gasteiger charge is -2.28. The summed E-state index contributed by atoms with van der Waals surface area (Å²) >= 11 is 0. The van der Waals surface area contributed by atoms with Crippen molar-refractivity contribution in [3.8, 4) is 0 Å². The van der Waals surface area contributed by atoms with Crippen LogP contribution >= 0.6 is 0 Å². The number of hydrogen-bond donors (Lipinski definition) is 3. The molecular formula is C26H31N3O5. The number of carbonyl (C=O) groups excluding carboxylic acids is 3. The van der Waals surface area contributed by atoms with Crippen LogP contribution in [-0.4, -0.2) is 50.6 Å². The number of fused-ring (bicyclic) bond motifs is 3. The maximum Gasteiger partial charge on any atom is 0.251 e. The second-order valence-electron chi connectivity index (χ2n) is 8.41. The quantitative estimate of drug-likeness (QED) is 0.646. The van der Waals surface area contributed by atoms with Crippen molar-refractivity contribution in [2.45, 2.75) is 32.1 Å². The predicted octanol–water partition coefficient (Wildman–Crippen LogP) is 2.93. The summed E-state index contributed by atoms with van der Waals surface area (Å²) in [6.45, 7) is 3.93. The Balaban J connectivity index is 2.04. The van der Waals surface area contributed by atoms with Crippen LogP contribution in [0.1, 0.15) is 41.4 Å². The van der Waals surface area contributed by atoms with Crippen LogP contribution in [0.25, 0.3) is 6.08 Å². The van der Waals surface area contributed by atoms with E-state index in [1.807, 2.05) is 26.0 Å². The average Bonchev–Trinajstić information content (AvgIpc) is 2.83. The standard InChI is InChI=1S/C26H31N3O5/c1-16(2)23-26(32)28-20-11-6-5-10-19(20)24(34-4)21(33-3)15-27-22(30)13-12-17-8-7-9-18(14-17)25(31)29-23/h5-14,16,21,23-24H,15H2,1-4H3,(H,27,30)(H,28,32)(H,29,31)/b13-12+/t21-,23+,24-/m1/s1.